The highest BCUT2D eigenvalue weighted by atomic mass is 15.0. The van der Waals surface area contributed by atoms with Crippen molar-refractivity contribution in [3.05, 3.63) is 119 Å². The van der Waals surface area contributed by atoms with Crippen molar-refractivity contribution in [3.8, 4) is 45.3 Å². The number of allylic oxidation sites excluding steroid dienone is 2. The van der Waals surface area contributed by atoms with E-state index in [1.807, 2.05) is 0 Å². The molecule has 44 heavy (non-hydrogen) atoms. The van der Waals surface area contributed by atoms with E-state index in [4.69, 9.17) is 20.7 Å². The van der Waals surface area contributed by atoms with Crippen molar-refractivity contribution in [2.24, 2.45) is 0 Å². The maximum Gasteiger partial charge on any atom is 0.164 e. The van der Waals surface area contributed by atoms with Gasteiger partial charge >= 0.3 is 0 Å². The number of hydrogen-bond acceptors (Lipinski definition) is 4. The van der Waals surface area contributed by atoms with Crippen LogP contribution in [0.15, 0.2) is 91.0 Å². The van der Waals surface area contributed by atoms with Gasteiger partial charge in [-0.25, -0.2) is 15.0 Å². The Kier molecular flexibility index (Phi) is 7.66. The number of fused-ring (bicyclic) bond motifs is 2. The lowest BCUT2D eigenvalue weighted by Gasteiger charge is -2.22. The van der Waals surface area contributed by atoms with Gasteiger partial charge in [0.1, 0.15) is 0 Å². The van der Waals surface area contributed by atoms with Gasteiger partial charge in [-0.15, -0.1) is 0 Å². The molecule has 7 rings (SSSR count). The second-order valence-corrected chi connectivity index (χ2v) is 12.1. The molecule has 0 saturated carbocycles. The Balaban J connectivity index is 1.31. The van der Waals surface area contributed by atoms with E-state index >= 15 is 0 Å². The lowest BCUT2D eigenvalue weighted by atomic mass is 9.83. The molecule has 2 N–H and O–H groups in total. The Bertz CT molecular complexity index is 1900. The zero-order valence-corrected chi connectivity index (χ0v) is 25.6. The predicted molar refractivity (Wildman–Crippen MR) is 184 cm³/mol. The minimum Gasteiger partial charge on any atom is -0.398 e. The predicted octanol–water partition coefficient (Wildman–Crippen LogP) is 9.94. The van der Waals surface area contributed by atoms with Gasteiger partial charge in [-0.1, -0.05) is 105 Å². The van der Waals surface area contributed by atoms with Crippen LogP contribution >= 0.6 is 0 Å². The van der Waals surface area contributed by atoms with E-state index in [2.05, 4.69) is 117 Å². The molecule has 5 aromatic rings. The number of nitrogens with two attached hydrogens (primary N) is 1. The second kappa shape index (κ2) is 12.0. The van der Waals surface area contributed by atoms with Crippen molar-refractivity contribution in [2.75, 3.05) is 5.73 Å². The molecule has 1 atom stereocenters. The van der Waals surface area contributed by atoms with Crippen molar-refractivity contribution in [1.82, 2.24) is 15.0 Å². The molecule has 0 fully saturated rings. The first-order chi connectivity index (χ1) is 21.6. The third-order valence-corrected chi connectivity index (χ3v) is 9.06. The topological polar surface area (TPSA) is 64.7 Å². The van der Waals surface area contributed by atoms with Gasteiger partial charge in [0, 0.05) is 27.9 Å². The van der Waals surface area contributed by atoms with Gasteiger partial charge < -0.3 is 5.73 Å². The molecule has 1 heterocycles. The fourth-order valence-corrected chi connectivity index (χ4v) is 6.56. The smallest absolute Gasteiger partial charge is 0.164 e. The van der Waals surface area contributed by atoms with E-state index in [1.165, 1.54) is 35.1 Å². The molecule has 2 aliphatic rings. The highest BCUT2D eigenvalue weighted by Crippen LogP contribution is 2.35. The summed E-state index contributed by atoms with van der Waals surface area (Å²) < 4.78 is 0. The van der Waals surface area contributed by atoms with Crippen LogP contribution in [0.1, 0.15) is 73.3 Å². The van der Waals surface area contributed by atoms with Gasteiger partial charge in [-0.05, 0) is 90.0 Å². The zero-order valence-electron chi connectivity index (χ0n) is 25.6. The van der Waals surface area contributed by atoms with Crippen LogP contribution in [0.2, 0.25) is 0 Å². The average molecular weight is 575 g/mol. The number of anilines is 1. The van der Waals surface area contributed by atoms with Gasteiger partial charge in [0.05, 0.1) is 0 Å². The summed E-state index contributed by atoms with van der Waals surface area (Å²) >= 11 is 0. The van der Waals surface area contributed by atoms with E-state index in [1.54, 1.807) is 0 Å². The molecule has 0 radical (unpaired) electrons. The Morgan fingerprint density at radius 3 is 2.23 bits per heavy atom. The standard InChI is InChI=1S/C40H38N4/c1-3-4-10-29-13-8-15-36(37(29)41)28-17-19-30(20-18-28)38-42-39(33-21-16-27-11-5-6-12-31(27)24-33)44-40(43-38)34-22-23-35-26(2)9-7-14-32(35)25-34/h4-5,8,10-11,13,15-26H,3,6-7,9,12,14,41H2,1-2H3/b10-4-. The maximum absolute atomic E-state index is 6.59. The van der Waals surface area contributed by atoms with E-state index in [0.717, 1.165) is 64.8 Å². The summed E-state index contributed by atoms with van der Waals surface area (Å²) in [5, 5.41) is 0. The first kappa shape index (κ1) is 28.0. The number of rotatable bonds is 6. The van der Waals surface area contributed by atoms with Gasteiger partial charge in [-0.3, -0.25) is 0 Å². The fraction of sp³-hybridized carbons (Fsp3) is 0.225. The zero-order chi connectivity index (χ0) is 30.0. The number of benzene rings is 4. The number of aromatic nitrogens is 3. The molecule has 0 saturated heterocycles. The summed E-state index contributed by atoms with van der Waals surface area (Å²) in [5.74, 6) is 2.69. The van der Waals surface area contributed by atoms with Crippen LogP contribution in [0.5, 0.6) is 0 Å². The number of para-hydroxylation sites is 1. The second-order valence-electron chi connectivity index (χ2n) is 12.1. The average Bonchev–Trinajstić information content (AvgIpc) is 3.07. The van der Waals surface area contributed by atoms with Crippen molar-refractivity contribution < 1.29 is 0 Å². The van der Waals surface area contributed by atoms with E-state index < -0.39 is 0 Å². The molecule has 4 heteroatoms. The largest absolute Gasteiger partial charge is 0.398 e. The number of nitrogen functional groups attached to an aromatic ring is 1. The summed E-state index contributed by atoms with van der Waals surface area (Å²) in [7, 11) is 0. The lowest BCUT2D eigenvalue weighted by molar-refractivity contribution is 0.590. The molecule has 2 aliphatic carbocycles. The van der Waals surface area contributed by atoms with E-state index in [9.17, 15) is 0 Å². The van der Waals surface area contributed by atoms with Gasteiger partial charge in [0.15, 0.2) is 17.5 Å². The van der Waals surface area contributed by atoms with Crippen LogP contribution in [0.4, 0.5) is 5.69 Å². The summed E-state index contributed by atoms with van der Waals surface area (Å²) in [6.45, 7) is 4.46. The molecule has 0 aliphatic heterocycles. The first-order valence-electron chi connectivity index (χ1n) is 15.9. The molecular weight excluding hydrogens is 536 g/mol. The molecule has 218 valence electrons. The number of nitrogens with zero attached hydrogens (tertiary/aromatic N) is 3. The monoisotopic (exact) mass is 574 g/mol. The van der Waals surface area contributed by atoms with Crippen LogP contribution in [0.25, 0.3) is 57.4 Å². The molecule has 0 spiro atoms. The lowest BCUT2D eigenvalue weighted by Crippen LogP contribution is -2.07. The van der Waals surface area contributed by atoms with Crippen LogP contribution < -0.4 is 5.73 Å². The van der Waals surface area contributed by atoms with Crippen LogP contribution in [-0.2, 0) is 12.8 Å². The quantitative estimate of drug-likeness (QED) is 0.205. The Hall–Kier alpha value is -4.83. The fourth-order valence-electron chi connectivity index (χ4n) is 6.56. The first-order valence-corrected chi connectivity index (χ1v) is 15.9. The van der Waals surface area contributed by atoms with E-state index in [0.29, 0.717) is 23.4 Å². The Labute approximate surface area is 260 Å². The molecule has 4 nitrogen and oxygen atoms in total. The third-order valence-electron chi connectivity index (χ3n) is 9.06. The molecule has 0 bridgehead atoms. The maximum atomic E-state index is 6.59. The van der Waals surface area contributed by atoms with Crippen LogP contribution in [0, 0.1) is 0 Å². The van der Waals surface area contributed by atoms with E-state index in [-0.39, 0.29) is 0 Å². The minimum absolute atomic E-state index is 0.595. The molecule has 1 aromatic heterocycles. The van der Waals surface area contributed by atoms with Gasteiger partial charge in [-0.2, -0.15) is 0 Å². The SMILES string of the molecule is CC/C=C\c1cccc(-c2ccc(-c3nc(-c4ccc5c(c4)CCC=C5)nc(-c4ccc5c(c4)CCCC5C)n3)cc2)c1N. The molecule has 0 amide bonds. The molecular formula is C40H38N4. The van der Waals surface area contributed by atoms with Crippen molar-refractivity contribution >= 4 is 17.8 Å². The van der Waals surface area contributed by atoms with Crippen molar-refractivity contribution in [3.63, 3.8) is 0 Å². The Morgan fingerprint density at radius 2 is 1.45 bits per heavy atom. The minimum atomic E-state index is 0.595. The summed E-state index contributed by atoms with van der Waals surface area (Å²) in [6, 6.07) is 28.0. The van der Waals surface area contributed by atoms with Crippen molar-refractivity contribution in [1.29, 1.82) is 0 Å². The van der Waals surface area contributed by atoms with Crippen LogP contribution in [0.3, 0.4) is 0 Å². The van der Waals surface area contributed by atoms with Crippen LogP contribution in [-0.4, -0.2) is 15.0 Å². The summed E-state index contributed by atoms with van der Waals surface area (Å²) in [6.07, 6.45) is 15.3. The molecule has 4 aromatic carbocycles. The summed E-state index contributed by atoms with van der Waals surface area (Å²) in [4.78, 5) is 15.2. The number of hydrogen-bond donors (Lipinski definition) is 1. The highest BCUT2D eigenvalue weighted by Gasteiger charge is 2.19. The highest BCUT2D eigenvalue weighted by molar-refractivity contribution is 5.84. The third kappa shape index (κ3) is 5.48. The van der Waals surface area contributed by atoms with Gasteiger partial charge in [0.25, 0.3) is 0 Å². The normalized spacial score (nSPS) is 15.7. The molecule has 1 unspecified atom stereocenters. The van der Waals surface area contributed by atoms with Crippen molar-refractivity contribution in [2.45, 2.75) is 58.3 Å². The van der Waals surface area contributed by atoms with Gasteiger partial charge in [0.2, 0.25) is 0 Å². The summed E-state index contributed by atoms with van der Waals surface area (Å²) in [5.41, 5.74) is 19.0. The number of aryl methyl sites for hydroxylation is 2. The Morgan fingerprint density at radius 1 is 0.773 bits per heavy atom.